The number of aryl methyl sites for hydroxylation is 1. The fraction of sp³-hybridized carbons (Fsp3) is 0.462. The topological polar surface area (TPSA) is 54.6 Å². The zero-order valence-electron chi connectivity index (χ0n) is 19.9. The van der Waals surface area contributed by atoms with Gasteiger partial charge in [-0.3, -0.25) is 4.79 Å². The summed E-state index contributed by atoms with van der Waals surface area (Å²) in [6.45, 7) is 9.52. The molecule has 0 aliphatic rings. The molecule has 0 saturated heterocycles. The fourth-order valence-corrected chi connectivity index (χ4v) is 4.14. The standard InChI is InChI=1S/C15H11F3N2.C11H22O2/c1-10-14(11-5-3-2-4-6-11)13-9-12(15(16,17)18)7-8-20(13)19-10;1-5-9(6-2)11(4,13)8-10(12)7-3/h2-9H,1H3;9,13H,5-8H2,1-4H3. The Labute approximate surface area is 193 Å². The SMILES string of the molecule is CCC(=O)CC(C)(O)C(CC)CC.Cc1nn2ccc(C(F)(F)F)cc2c1-c1ccccc1. The van der Waals surface area contributed by atoms with Gasteiger partial charge in [0.05, 0.1) is 22.4 Å². The highest BCUT2D eigenvalue weighted by Gasteiger charge is 2.32. The van der Waals surface area contributed by atoms with E-state index in [0.29, 0.717) is 24.1 Å². The van der Waals surface area contributed by atoms with Gasteiger partial charge >= 0.3 is 6.18 Å². The molecule has 0 amide bonds. The molecular formula is C26H33F3N2O2. The summed E-state index contributed by atoms with van der Waals surface area (Å²) in [5.41, 5.74) is 1.29. The normalized spacial score (nSPS) is 13.5. The van der Waals surface area contributed by atoms with Crippen LogP contribution in [0, 0.1) is 12.8 Å². The van der Waals surface area contributed by atoms with Crippen LogP contribution in [0.5, 0.6) is 0 Å². The Morgan fingerprint density at radius 2 is 1.70 bits per heavy atom. The number of carbonyl (C=O) groups excluding carboxylic acids is 1. The quantitative estimate of drug-likeness (QED) is 0.417. The molecular weight excluding hydrogens is 429 g/mol. The predicted octanol–water partition coefficient (Wildman–Crippen LogP) is 6.87. The minimum Gasteiger partial charge on any atom is -0.389 e. The summed E-state index contributed by atoms with van der Waals surface area (Å²) in [5.74, 6) is 0.389. The highest BCUT2D eigenvalue weighted by atomic mass is 19.4. The average molecular weight is 463 g/mol. The van der Waals surface area contributed by atoms with Gasteiger partial charge in [-0.2, -0.15) is 18.3 Å². The predicted molar refractivity (Wildman–Crippen MR) is 125 cm³/mol. The first-order valence-corrected chi connectivity index (χ1v) is 11.3. The van der Waals surface area contributed by atoms with Crippen LogP contribution < -0.4 is 0 Å². The maximum Gasteiger partial charge on any atom is 0.416 e. The smallest absolute Gasteiger partial charge is 0.389 e. The fourth-order valence-electron chi connectivity index (χ4n) is 4.14. The first-order chi connectivity index (χ1) is 15.4. The second-order valence-electron chi connectivity index (χ2n) is 8.51. The molecule has 1 N–H and O–H groups in total. The molecule has 1 unspecified atom stereocenters. The maximum absolute atomic E-state index is 12.8. The number of carbonyl (C=O) groups is 1. The number of benzene rings is 1. The number of ketones is 1. The van der Waals surface area contributed by atoms with E-state index in [1.54, 1.807) is 13.8 Å². The number of rotatable bonds is 7. The van der Waals surface area contributed by atoms with E-state index in [9.17, 15) is 23.1 Å². The number of nitrogens with zero attached hydrogens (tertiary/aromatic N) is 2. The van der Waals surface area contributed by atoms with E-state index >= 15 is 0 Å². The average Bonchev–Trinajstić information content (AvgIpc) is 3.09. The van der Waals surface area contributed by atoms with Crippen LogP contribution in [0.1, 0.15) is 64.6 Å². The van der Waals surface area contributed by atoms with Crippen molar-refractivity contribution < 1.29 is 23.1 Å². The molecule has 3 rings (SSSR count). The van der Waals surface area contributed by atoms with E-state index in [0.717, 1.165) is 36.1 Å². The lowest BCUT2D eigenvalue weighted by Crippen LogP contribution is -2.36. The molecule has 0 saturated carbocycles. The van der Waals surface area contributed by atoms with Crippen LogP contribution in [-0.2, 0) is 11.0 Å². The Hall–Kier alpha value is -2.67. The number of Topliss-reactive ketones (excluding diaryl/α,β-unsaturated/α-hetero) is 1. The van der Waals surface area contributed by atoms with Gasteiger partial charge in [-0.05, 0) is 37.5 Å². The molecule has 0 spiro atoms. The molecule has 0 aliphatic carbocycles. The van der Waals surface area contributed by atoms with E-state index in [2.05, 4.69) is 18.9 Å². The van der Waals surface area contributed by atoms with Crippen molar-refractivity contribution in [2.45, 2.75) is 72.1 Å². The summed E-state index contributed by atoms with van der Waals surface area (Å²) in [4.78, 5) is 11.2. The van der Waals surface area contributed by atoms with Crippen molar-refractivity contribution in [2.24, 2.45) is 5.92 Å². The van der Waals surface area contributed by atoms with Crippen LogP contribution >= 0.6 is 0 Å². The molecule has 1 aromatic carbocycles. The Balaban J connectivity index is 0.000000260. The van der Waals surface area contributed by atoms with Gasteiger partial charge in [0.25, 0.3) is 0 Å². The number of hydrogen-bond donors (Lipinski definition) is 1. The molecule has 0 aliphatic heterocycles. The van der Waals surface area contributed by atoms with Gasteiger partial charge < -0.3 is 5.11 Å². The molecule has 1 atom stereocenters. The Bertz CT molecular complexity index is 1050. The lowest BCUT2D eigenvalue weighted by molar-refractivity contribution is -0.137. The molecule has 2 heterocycles. The number of aromatic nitrogens is 2. The zero-order valence-corrected chi connectivity index (χ0v) is 19.9. The van der Waals surface area contributed by atoms with Crippen molar-refractivity contribution in [3.8, 4) is 11.1 Å². The number of halogens is 3. The highest BCUT2D eigenvalue weighted by molar-refractivity contribution is 5.82. The van der Waals surface area contributed by atoms with E-state index in [-0.39, 0.29) is 11.7 Å². The van der Waals surface area contributed by atoms with Gasteiger partial charge in [0, 0.05) is 24.6 Å². The Morgan fingerprint density at radius 1 is 1.09 bits per heavy atom. The van der Waals surface area contributed by atoms with Crippen molar-refractivity contribution in [3.05, 3.63) is 59.9 Å². The number of pyridine rings is 1. The zero-order chi connectivity index (χ0) is 24.8. The second kappa shape index (κ2) is 11.0. The maximum atomic E-state index is 12.8. The molecule has 4 nitrogen and oxygen atoms in total. The minimum absolute atomic E-state index is 0.150. The van der Waals surface area contributed by atoms with E-state index in [1.807, 2.05) is 37.3 Å². The summed E-state index contributed by atoms with van der Waals surface area (Å²) in [7, 11) is 0. The van der Waals surface area contributed by atoms with Gasteiger partial charge in [0.15, 0.2) is 0 Å². The number of hydrogen-bond acceptors (Lipinski definition) is 3. The minimum atomic E-state index is -4.35. The van der Waals surface area contributed by atoms with E-state index in [4.69, 9.17) is 0 Å². The lowest BCUT2D eigenvalue weighted by atomic mass is 9.81. The molecule has 2 aromatic heterocycles. The van der Waals surface area contributed by atoms with Crippen LogP contribution in [0.15, 0.2) is 48.7 Å². The van der Waals surface area contributed by atoms with E-state index in [1.165, 1.54) is 10.7 Å². The third kappa shape index (κ3) is 6.67. The summed E-state index contributed by atoms with van der Waals surface area (Å²) in [6, 6.07) is 11.5. The van der Waals surface area contributed by atoms with Gasteiger partial charge in [-0.1, -0.05) is 63.9 Å². The lowest BCUT2D eigenvalue weighted by Gasteiger charge is -2.31. The van der Waals surface area contributed by atoms with E-state index < -0.39 is 17.3 Å². The molecule has 33 heavy (non-hydrogen) atoms. The largest absolute Gasteiger partial charge is 0.416 e. The molecule has 3 aromatic rings. The molecule has 0 fully saturated rings. The van der Waals surface area contributed by atoms with Crippen LogP contribution in [0.3, 0.4) is 0 Å². The second-order valence-corrected chi connectivity index (χ2v) is 8.51. The molecule has 0 radical (unpaired) electrons. The first-order valence-electron chi connectivity index (χ1n) is 11.3. The van der Waals surface area contributed by atoms with Gasteiger partial charge in [-0.15, -0.1) is 0 Å². The summed E-state index contributed by atoms with van der Waals surface area (Å²) < 4.78 is 40.0. The van der Waals surface area contributed by atoms with Crippen LogP contribution in [0.4, 0.5) is 13.2 Å². The monoisotopic (exact) mass is 462 g/mol. The Morgan fingerprint density at radius 3 is 2.21 bits per heavy atom. The molecule has 180 valence electrons. The van der Waals surface area contributed by atoms with Crippen molar-refractivity contribution in [3.63, 3.8) is 0 Å². The van der Waals surface area contributed by atoms with Crippen molar-refractivity contribution >= 4 is 11.3 Å². The summed E-state index contributed by atoms with van der Waals surface area (Å²) in [5, 5.41) is 14.3. The summed E-state index contributed by atoms with van der Waals surface area (Å²) >= 11 is 0. The Kier molecular flexibility index (Phi) is 8.83. The number of aliphatic hydroxyl groups is 1. The molecule has 7 heteroatoms. The van der Waals surface area contributed by atoms with Crippen molar-refractivity contribution in [1.29, 1.82) is 0 Å². The number of alkyl halides is 3. The van der Waals surface area contributed by atoms with Gasteiger partial charge in [-0.25, -0.2) is 4.52 Å². The molecule has 0 bridgehead atoms. The van der Waals surface area contributed by atoms with Crippen molar-refractivity contribution in [2.75, 3.05) is 0 Å². The first kappa shape index (κ1) is 26.6. The van der Waals surface area contributed by atoms with Gasteiger partial charge in [0.1, 0.15) is 5.78 Å². The highest BCUT2D eigenvalue weighted by Crippen LogP contribution is 2.34. The van der Waals surface area contributed by atoms with Crippen LogP contribution in [0.2, 0.25) is 0 Å². The van der Waals surface area contributed by atoms with Crippen LogP contribution in [0.25, 0.3) is 16.6 Å². The number of fused-ring (bicyclic) bond motifs is 1. The van der Waals surface area contributed by atoms with Crippen LogP contribution in [-0.4, -0.2) is 26.1 Å². The third-order valence-electron chi connectivity index (χ3n) is 6.01. The van der Waals surface area contributed by atoms with Gasteiger partial charge in [0.2, 0.25) is 0 Å². The summed E-state index contributed by atoms with van der Waals surface area (Å²) in [6.07, 6.45) is -0.321. The third-order valence-corrected chi connectivity index (χ3v) is 6.01. The van der Waals surface area contributed by atoms with Crippen molar-refractivity contribution in [1.82, 2.24) is 9.61 Å².